The number of hydrogen-bond donors (Lipinski definition) is 3. The lowest BCUT2D eigenvalue weighted by molar-refractivity contribution is -0.161. The van der Waals surface area contributed by atoms with Gasteiger partial charge >= 0.3 is 39.5 Å². The molecule has 0 aromatic rings. The number of aliphatic hydroxyl groups excluding tert-OH is 1. The summed E-state index contributed by atoms with van der Waals surface area (Å²) in [4.78, 5) is 73.2. The molecule has 0 aliphatic carbocycles. The van der Waals surface area contributed by atoms with Gasteiger partial charge in [0.25, 0.3) is 0 Å². The first-order valence-electron chi connectivity index (χ1n) is 44.7. The molecule has 6 atom stereocenters. The number of unbranched alkanes of at least 4 members (excludes halogenated alkanes) is 49. The fraction of sp³-hybridized carbons (Fsp3) is 0.954. The average molecular weight is 1550 g/mol. The zero-order valence-corrected chi connectivity index (χ0v) is 71.9. The Morgan fingerprint density at radius 3 is 0.670 bits per heavy atom. The minimum atomic E-state index is -4.97. The Morgan fingerprint density at radius 1 is 0.264 bits per heavy atom. The van der Waals surface area contributed by atoms with Gasteiger partial charge < -0.3 is 33.8 Å². The first-order valence-corrected chi connectivity index (χ1v) is 47.7. The van der Waals surface area contributed by atoms with Crippen LogP contribution in [0.3, 0.4) is 0 Å². The molecule has 19 heteroatoms. The van der Waals surface area contributed by atoms with E-state index in [1.165, 1.54) is 250 Å². The highest BCUT2D eigenvalue weighted by Crippen LogP contribution is 2.45. The van der Waals surface area contributed by atoms with Crippen LogP contribution < -0.4 is 0 Å². The summed E-state index contributed by atoms with van der Waals surface area (Å²) in [6.45, 7) is 14.3. The minimum absolute atomic E-state index is 0.107. The highest BCUT2D eigenvalue weighted by molar-refractivity contribution is 7.47. The van der Waals surface area contributed by atoms with Gasteiger partial charge in [-0.25, -0.2) is 9.13 Å². The molecule has 0 heterocycles. The Labute approximate surface area is 651 Å². The summed E-state index contributed by atoms with van der Waals surface area (Å²) in [6.07, 6.45) is 65.3. The van der Waals surface area contributed by atoms with Crippen LogP contribution in [0, 0.1) is 23.7 Å². The highest BCUT2D eigenvalue weighted by atomic mass is 31.2. The summed E-state index contributed by atoms with van der Waals surface area (Å²) < 4.78 is 68.9. The number of phosphoric acid groups is 2. The number of esters is 4. The number of ether oxygens (including phenoxy) is 4. The maximum atomic E-state index is 13.1. The van der Waals surface area contributed by atoms with Crippen molar-refractivity contribution in [1.82, 2.24) is 0 Å². The molecule has 106 heavy (non-hydrogen) atoms. The zero-order valence-electron chi connectivity index (χ0n) is 70.1. The monoisotopic (exact) mass is 1550 g/mol. The second kappa shape index (κ2) is 75.7. The molecule has 0 rings (SSSR count). The predicted molar refractivity (Wildman–Crippen MR) is 437 cm³/mol. The Morgan fingerprint density at radius 2 is 0.453 bits per heavy atom. The first-order chi connectivity index (χ1) is 51.1. The maximum absolute atomic E-state index is 13.1. The summed E-state index contributed by atoms with van der Waals surface area (Å²) in [5, 5.41) is 10.7. The third-order valence-corrected chi connectivity index (χ3v) is 22.6. The van der Waals surface area contributed by atoms with Gasteiger partial charge in [0.2, 0.25) is 0 Å². The normalized spacial score (nSPS) is 14.2. The van der Waals surface area contributed by atoms with Crippen LogP contribution in [0.4, 0.5) is 0 Å². The van der Waals surface area contributed by atoms with Crippen molar-refractivity contribution in [2.75, 3.05) is 39.6 Å². The van der Waals surface area contributed by atoms with E-state index in [0.717, 1.165) is 120 Å². The van der Waals surface area contributed by atoms with Crippen LogP contribution in [0.25, 0.3) is 0 Å². The van der Waals surface area contributed by atoms with Crippen molar-refractivity contribution in [2.45, 2.75) is 472 Å². The van der Waals surface area contributed by atoms with Gasteiger partial charge in [-0.1, -0.05) is 402 Å². The van der Waals surface area contributed by atoms with Crippen LogP contribution in [0.1, 0.15) is 453 Å². The van der Waals surface area contributed by atoms with Crippen molar-refractivity contribution in [3.63, 3.8) is 0 Å². The van der Waals surface area contributed by atoms with Crippen LogP contribution >= 0.6 is 15.6 Å². The van der Waals surface area contributed by atoms with E-state index < -0.39 is 97.5 Å². The molecule has 3 N–H and O–H groups in total. The van der Waals surface area contributed by atoms with Crippen LogP contribution in [-0.2, 0) is 65.4 Å². The maximum Gasteiger partial charge on any atom is 0.472 e. The summed E-state index contributed by atoms with van der Waals surface area (Å²) in [5.41, 5.74) is 0. The SMILES string of the molecule is CCC(C)CCCCCCCCC(=O)OC[C@H](COP(=O)(O)OC[C@H](O)COP(=O)(O)OC[C@@H](COC(=O)CCCCCCCCCCCCCCCCCC(C)C)OC(=O)CCCCCCCCCCCCCCCCC(C)C)OC(=O)CCCCCCCCCCCCCCCCCCCCC(C)C. The third-order valence-electron chi connectivity index (χ3n) is 20.7. The quantitative estimate of drug-likeness (QED) is 0.0222. The molecule has 0 aromatic heterocycles. The highest BCUT2D eigenvalue weighted by Gasteiger charge is 2.31. The van der Waals surface area contributed by atoms with Gasteiger partial charge in [-0.15, -0.1) is 0 Å². The number of phosphoric ester groups is 2. The molecule has 0 aliphatic heterocycles. The fourth-order valence-electron chi connectivity index (χ4n) is 13.5. The molecule has 630 valence electrons. The van der Waals surface area contributed by atoms with Crippen LogP contribution in [0.15, 0.2) is 0 Å². The lowest BCUT2D eigenvalue weighted by Gasteiger charge is -2.21. The Hall–Kier alpha value is -1.94. The molecule has 0 saturated heterocycles. The van der Waals surface area contributed by atoms with Crippen LogP contribution in [0.2, 0.25) is 0 Å². The Kier molecular flexibility index (Phi) is 74.3. The molecular formula is C87H170O17P2. The van der Waals surface area contributed by atoms with E-state index in [-0.39, 0.29) is 25.7 Å². The second-order valence-electron chi connectivity index (χ2n) is 33.0. The number of rotatable bonds is 84. The van der Waals surface area contributed by atoms with Gasteiger partial charge in [-0.05, 0) is 49.4 Å². The van der Waals surface area contributed by atoms with Crippen molar-refractivity contribution >= 4 is 39.5 Å². The van der Waals surface area contributed by atoms with E-state index in [4.69, 9.17) is 37.0 Å². The standard InChI is InChI=1S/C87H170O17P2/c1-9-80(8)66-58-50-45-46-52-60-68-85(90)98-74-83(104-87(92)70-61-53-43-37-31-25-17-13-11-10-12-15-21-27-33-39-47-55-63-77(2)3)76-102-106(95,96)100-72-81(88)71-99-105(93,94)101-75-82(103-86(91)69-62-54-44-38-32-26-20-19-23-29-35-41-49-57-65-79(6)7)73-97-84(89)67-59-51-42-36-30-24-18-14-16-22-28-34-40-48-56-64-78(4)5/h77-83,88H,9-76H2,1-8H3,(H,93,94)(H,95,96)/t80?,81-,82-,83-/m1/s1. The van der Waals surface area contributed by atoms with Gasteiger partial charge in [0.05, 0.1) is 26.4 Å². The van der Waals surface area contributed by atoms with Crippen LogP contribution in [-0.4, -0.2) is 96.7 Å². The van der Waals surface area contributed by atoms with Gasteiger partial charge in [0, 0.05) is 25.7 Å². The third kappa shape index (κ3) is 78.7. The number of carbonyl (C=O) groups excluding carboxylic acids is 4. The van der Waals surface area contributed by atoms with E-state index in [9.17, 15) is 43.2 Å². The van der Waals surface area contributed by atoms with E-state index in [0.29, 0.717) is 25.7 Å². The lowest BCUT2D eigenvalue weighted by atomic mass is 10.00. The van der Waals surface area contributed by atoms with Gasteiger partial charge in [0.1, 0.15) is 19.3 Å². The van der Waals surface area contributed by atoms with E-state index in [1.807, 2.05) is 0 Å². The molecule has 0 aromatic carbocycles. The fourth-order valence-corrected chi connectivity index (χ4v) is 15.0. The molecule has 0 amide bonds. The summed E-state index contributed by atoms with van der Waals surface area (Å²) >= 11 is 0. The number of carbonyl (C=O) groups is 4. The van der Waals surface area contributed by atoms with Crippen molar-refractivity contribution in [2.24, 2.45) is 23.7 Å². The number of aliphatic hydroxyl groups is 1. The minimum Gasteiger partial charge on any atom is -0.462 e. The van der Waals surface area contributed by atoms with Crippen molar-refractivity contribution in [1.29, 1.82) is 0 Å². The zero-order chi connectivity index (χ0) is 78.1. The molecule has 0 spiro atoms. The van der Waals surface area contributed by atoms with Gasteiger partial charge in [-0.2, -0.15) is 0 Å². The molecule has 17 nitrogen and oxygen atoms in total. The molecule has 0 bridgehead atoms. The first kappa shape index (κ1) is 104. The summed E-state index contributed by atoms with van der Waals surface area (Å²) in [7, 11) is -9.93. The topological polar surface area (TPSA) is 237 Å². The molecule has 0 saturated carbocycles. The smallest absolute Gasteiger partial charge is 0.462 e. The number of hydrogen-bond acceptors (Lipinski definition) is 15. The van der Waals surface area contributed by atoms with E-state index >= 15 is 0 Å². The van der Waals surface area contributed by atoms with Gasteiger partial charge in [-0.3, -0.25) is 37.3 Å². The molecule has 3 unspecified atom stereocenters. The Bertz CT molecular complexity index is 2060. The molecule has 0 radical (unpaired) electrons. The summed E-state index contributed by atoms with van der Waals surface area (Å²) in [6, 6.07) is 0. The molecule has 0 fully saturated rings. The van der Waals surface area contributed by atoms with Crippen molar-refractivity contribution in [3.8, 4) is 0 Å². The van der Waals surface area contributed by atoms with Crippen LogP contribution in [0.5, 0.6) is 0 Å². The van der Waals surface area contributed by atoms with Crippen molar-refractivity contribution < 1.29 is 80.2 Å². The van der Waals surface area contributed by atoms with E-state index in [2.05, 4.69) is 55.4 Å². The average Bonchev–Trinajstić information content (AvgIpc) is 0.891. The van der Waals surface area contributed by atoms with E-state index in [1.54, 1.807) is 0 Å². The van der Waals surface area contributed by atoms with Crippen molar-refractivity contribution in [3.05, 3.63) is 0 Å². The second-order valence-corrected chi connectivity index (χ2v) is 35.9. The largest absolute Gasteiger partial charge is 0.472 e. The predicted octanol–water partition coefficient (Wildman–Crippen LogP) is 26.3. The molecule has 0 aliphatic rings. The summed E-state index contributed by atoms with van der Waals surface area (Å²) in [5.74, 6) is 1.05. The lowest BCUT2D eigenvalue weighted by Crippen LogP contribution is -2.30. The van der Waals surface area contributed by atoms with Gasteiger partial charge in [0.15, 0.2) is 12.2 Å². The Balaban J connectivity index is 5.22. The molecular weight excluding hydrogens is 1380 g/mol.